The van der Waals surface area contributed by atoms with E-state index < -0.39 is 5.60 Å². The number of nitrogens with one attached hydrogen (secondary N) is 1. The van der Waals surface area contributed by atoms with Gasteiger partial charge in [-0.2, -0.15) is 0 Å². The van der Waals surface area contributed by atoms with Gasteiger partial charge in [0.15, 0.2) is 0 Å². The summed E-state index contributed by atoms with van der Waals surface area (Å²) in [6, 6.07) is 14.0. The van der Waals surface area contributed by atoms with E-state index in [0.29, 0.717) is 12.5 Å². The van der Waals surface area contributed by atoms with Crippen molar-refractivity contribution in [1.29, 1.82) is 0 Å². The Morgan fingerprint density at radius 3 is 2.71 bits per heavy atom. The van der Waals surface area contributed by atoms with E-state index in [1.54, 1.807) is 17.0 Å². The van der Waals surface area contributed by atoms with Gasteiger partial charge in [0.2, 0.25) is 0 Å². The molecule has 4 rings (SSSR count). The highest BCUT2D eigenvalue weighted by Crippen LogP contribution is 2.36. The summed E-state index contributed by atoms with van der Waals surface area (Å²) in [5.74, 6) is 0.192. The molecule has 5 heteroatoms. The van der Waals surface area contributed by atoms with Crippen molar-refractivity contribution in [3.8, 4) is 0 Å². The van der Waals surface area contributed by atoms with Gasteiger partial charge in [-0.05, 0) is 60.4 Å². The van der Waals surface area contributed by atoms with Crippen molar-refractivity contribution < 1.29 is 14.3 Å². The number of carbonyl (C=O) groups is 1. The number of halogens is 1. The lowest BCUT2D eigenvalue weighted by molar-refractivity contribution is 0.0445. The van der Waals surface area contributed by atoms with Crippen LogP contribution in [0.5, 0.6) is 0 Å². The summed E-state index contributed by atoms with van der Waals surface area (Å²) in [6.45, 7) is 2.98. The van der Waals surface area contributed by atoms with Crippen molar-refractivity contribution in [2.45, 2.75) is 44.2 Å². The highest BCUT2D eigenvalue weighted by molar-refractivity contribution is 5.76. The van der Waals surface area contributed by atoms with E-state index in [9.17, 15) is 14.3 Å². The molecule has 148 valence electrons. The molecule has 0 bridgehead atoms. The van der Waals surface area contributed by atoms with Gasteiger partial charge in [0, 0.05) is 13.1 Å². The first-order valence-corrected chi connectivity index (χ1v) is 10.1. The molecule has 2 aromatic rings. The molecule has 28 heavy (non-hydrogen) atoms. The topological polar surface area (TPSA) is 52.6 Å². The Morgan fingerprint density at radius 1 is 1.25 bits per heavy atom. The van der Waals surface area contributed by atoms with Gasteiger partial charge in [0.1, 0.15) is 5.82 Å². The van der Waals surface area contributed by atoms with E-state index in [-0.39, 0.29) is 24.4 Å². The summed E-state index contributed by atoms with van der Waals surface area (Å²) in [4.78, 5) is 14.9. The molecule has 0 saturated heterocycles. The first kappa shape index (κ1) is 18.9. The second kappa shape index (κ2) is 7.55. The van der Waals surface area contributed by atoms with E-state index in [4.69, 9.17) is 0 Å². The van der Waals surface area contributed by atoms with E-state index in [1.807, 2.05) is 18.2 Å². The second-order valence-corrected chi connectivity index (χ2v) is 8.33. The maximum Gasteiger partial charge on any atom is 0.318 e. The minimum atomic E-state index is -0.811. The minimum Gasteiger partial charge on any atom is -0.388 e. The zero-order valence-corrected chi connectivity index (χ0v) is 16.2. The lowest BCUT2D eigenvalue weighted by Gasteiger charge is -2.38. The van der Waals surface area contributed by atoms with Gasteiger partial charge in [0.25, 0.3) is 0 Å². The van der Waals surface area contributed by atoms with Crippen molar-refractivity contribution in [3.05, 3.63) is 71.0 Å². The van der Waals surface area contributed by atoms with E-state index in [0.717, 1.165) is 36.8 Å². The summed E-state index contributed by atoms with van der Waals surface area (Å²) in [6.07, 6.45) is 3.21. The quantitative estimate of drug-likeness (QED) is 0.842. The molecule has 2 aliphatic rings. The summed E-state index contributed by atoms with van der Waals surface area (Å²) >= 11 is 0. The van der Waals surface area contributed by atoms with Crippen LogP contribution in [0.2, 0.25) is 0 Å². The summed E-state index contributed by atoms with van der Waals surface area (Å²) in [7, 11) is 0. The number of hydrogen-bond acceptors (Lipinski definition) is 2. The number of rotatable bonds is 3. The SMILES string of the molecule is C[C@H]1CCC(O)(CNC(=O)N2CCc3ccccc3[C@@H]2c2ccc(F)cc2)C1. The Bertz CT molecular complexity index is 854. The third-order valence-corrected chi connectivity index (χ3v) is 6.13. The zero-order chi connectivity index (χ0) is 19.7. The number of amides is 2. The third kappa shape index (κ3) is 3.76. The molecule has 0 spiro atoms. The Kier molecular flexibility index (Phi) is 5.11. The highest BCUT2D eigenvalue weighted by atomic mass is 19.1. The minimum absolute atomic E-state index is 0.184. The van der Waals surface area contributed by atoms with Crippen LogP contribution in [0.25, 0.3) is 0 Å². The summed E-state index contributed by atoms with van der Waals surface area (Å²) in [5, 5.41) is 13.7. The Balaban J connectivity index is 1.58. The monoisotopic (exact) mass is 382 g/mol. The number of nitrogens with zero attached hydrogens (tertiary/aromatic N) is 1. The zero-order valence-electron chi connectivity index (χ0n) is 16.2. The molecule has 1 aliphatic heterocycles. The maximum absolute atomic E-state index is 13.5. The fourth-order valence-corrected chi connectivity index (χ4v) is 4.66. The van der Waals surface area contributed by atoms with Crippen molar-refractivity contribution in [2.75, 3.05) is 13.1 Å². The molecule has 1 aliphatic carbocycles. The van der Waals surface area contributed by atoms with Gasteiger partial charge in [0.05, 0.1) is 11.6 Å². The number of fused-ring (bicyclic) bond motifs is 1. The number of carbonyl (C=O) groups excluding carboxylic acids is 1. The van der Waals surface area contributed by atoms with Crippen LogP contribution < -0.4 is 5.32 Å². The van der Waals surface area contributed by atoms with E-state index >= 15 is 0 Å². The van der Waals surface area contributed by atoms with Gasteiger partial charge in [-0.1, -0.05) is 43.3 Å². The van der Waals surface area contributed by atoms with Gasteiger partial charge < -0.3 is 15.3 Å². The molecule has 0 aromatic heterocycles. The average Bonchev–Trinajstić information content (AvgIpc) is 3.05. The Morgan fingerprint density at radius 2 is 2.00 bits per heavy atom. The lowest BCUT2D eigenvalue weighted by Crippen LogP contribution is -2.50. The molecule has 1 unspecified atom stereocenters. The first-order chi connectivity index (χ1) is 13.5. The maximum atomic E-state index is 13.5. The fourth-order valence-electron chi connectivity index (χ4n) is 4.66. The molecule has 2 N–H and O–H groups in total. The summed E-state index contributed by atoms with van der Waals surface area (Å²) in [5.41, 5.74) is 2.36. The Hall–Kier alpha value is -2.40. The molecule has 2 aromatic carbocycles. The number of benzene rings is 2. The van der Waals surface area contributed by atoms with Gasteiger partial charge >= 0.3 is 6.03 Å². The Labute approximate surface area is 165 Å². The molecule has 1 saturated carbocycles. The van der Waals surface area contributed by atoms with Gasteiger partial charge in [-0.25, -0.2) is 9.18 Å². The largest absolute Gasteiger partial charge is 0.388 e. The van der Waals surface area contributed by atoms with Gasteiger partial charge in [-0.15, -0.1) is 0 Å². The average molecular weight is 382 g/mol. The smallest absolute Gasteiger partial charge is 0.318 e. The fraction of sp³-hybridized carbons (Fsp3) is 0.435. The number of aliphatic hydroxyl groups is 1. The van der Waals surface area contributed by atoms with Crippen LogP contribution in [0.1, 0.15) is 48.9 Å². The van der Waals surface area contributed by atoms with Crippen molar-refractivity contribution in [3.63, 3.8) is 0 Å². The standard InChI is InChI=1S/C23H27FN2O2/c1-16-10-12-23(28,14-16)15-25-22(27)26-13-11-17-4-2-3-5-20(17)21(26)18-6-8-19(24)9-7-18/h2-9,16,21,28H,10-15H2,1H3,(H,25,27)/t16-,21-,23?/m0/s1. The molecule has 1 fully saturated rings. The molecule has 2 amide bonds. The van der Waals surface area contributed by atoms with Crippen LogP contribution in [0.3, 0.4) is 0 Å². The third-order valence-electron chi connectivity index (χ3n) is 6.13. The first-order valence-electron chi connectivity index (χ1n) is 10.1. The van der Waals surface area contributed by atoms with Crippen molar-refractivity contribution in [2.24, 2.45) is 5.92 Å². The second-order valence-electron chi connectivity index (χ2n) is 8.33. The van der Waals surface area contributed by atoms with Crippen LogP contribution in [0.15, 0.2) is 48.5 Å². The van der Waals surface area contributed by atoms with Gasteiger partial charge in [-0.3, -0.25) is 0 Å². The van der Waals surface area contributed by atoms with Crippen molar-refractivity contribution >= 4 is 6.03 Å². The highest BCUT2D eigenvalue weighted by Gasteiger charge is 2.37. The predicted octanol–water partition coefficient (Wildman–Crippen LogP) is 4.03. The van der Waals surface area contributed by atoms with E-state index in [2.05, 4.69) is 18.3 Å². The molecule has 0 radical (unpaired) electrons. The molecular weight excluding hydrogens is 355 g/mol. The van der Waals surface area contributed by atoms with Crippen LogP contribution >= 0.6 is 0 Å². The molecule has 1 heterocycles. The van der Waals surface area contributed by atoms with Crippen LogP contribution in [0, 0.1) is 11.7 Å². The van der Waals surface area contributed by atoms with E-state index in [1.165, 1.54) is 17.7 Å². The van der Waals surface area contributed by atoms with Crippen LogP contribution in [-0.4, -0.2) is 34.7 Å². The lowest BCUT2D eigenvalue weighted by atomic mass is 9.88. The summed E-state index contributed by atoms with van der Waals surface area (Å²) < 4.78 is 13.5. The molecule has 3 atom stereocenters. The van der Waals surface area contributed by atoms with Crippen LogP contribution in [-0.2, 0) is 6.42 Å². The van der Waals surface area contributed by atoms with Crippen molar-refractivity contribution in [1.82, 2.24) is 10.2 Å². The number of urea groups is 1. The molecule has 4 nitrogen and oxygen atoms in total. The van der Waals surface area contributed by atoms with Crippen LogP contribution in [0.4, 0.5) is 9.18 Å². The normalized spacial score (nSPS) is 26.8. The number of hydrogen-bond donors (Lipinski definition) is 2. The molecular formula is C23H27FN2O2. The predicted molar refractivity (Wildman–Crippen MR) is 106 cm³/mol.